The fourth-order valence-electron chi connectivity index (χ4n) is 1.73. The minimum Gasteiger partial charge on any atom is -0.492 e. The SMILES string of the molecule is Fc1ccc(OCc2c(F)cccc2F)c([B-](F)(F)F)c1. The molecule has 21 heavy (non-hydrogen) atoms. The maximum Gasteiger partial charge on any atom is 0.513 e. The van der Waals surface area contributed by atoms with Gasteiger partial charge < -0.3 is 17.7 Å². The quantitative estimate of drug-likeness (QED) is 0.618. The number of ether oxygens (including phenoxy) is 1. The summed E-state index contributed by atoms with van der Waals surface area (Å²) in [5, 5.41) is 0. The first-order chi connectivity index (χ1) is 9.79. The van der Waals surface area contributed by atoms with E-state index in [1.54, 1.807) is 0 Å². The Hall–Kier alpha value is -2.12. The van der Waals surface area contributed by atoms with Crippen molar-refractivity contribution in [3.8, 4) is 5.75 Å². The first-order valence-electron chi connectivity index (χ1n) is 5.84. The zero-order valence-electron chi connectivity index (χ0n) is 10.4. The molecule has 1 nitrogen and oxygen atoms in total. The van der Waals surface area contributed by atoms with Gasteiger partial charge in [0, 0.05) is 0 Å². The fraction of sp³-hybridized carbons (Fsp3) is 0.0769. The van der Waals surface area contributed by atoms with Crippen LogP contribution in [0.15, 0.2) is 36.4 Å². The molecule has 2 aromatic carbocycles. The van der Waals surface area contributed by atoms with Crippen LogP contribution < -0.4 is 10.2 Å². The van der Waals surface area contributed by atoms with E-state index in [4.69, 9.17) is 4.74 Å². The third-order valence-electron chi connectivity index (χ3n) is 2.76. The lowest BCUT2D eigenvalue weighted by Gasteiger charge is -2.20. The second-order valence-electron chi connectivity index (χ2n) is 4.25. The van der Waals surface area contributed by atoms with Gasteiger partial charge in [0.05, 0.1) is 11.3 Å². The van der Waals surface area contributed by atoms with Gasteiger partial charge >= 0.3 is 6.98 Å². The van der Waals surface area contributed by atoms with Crippen LogP contribution in [0, 0.1) is 17.5 Å². The van der Waals surface area contributed by atoms with E-state index in [0.29, 0.717) is 0 Å². The lowest BCUT2D eigenvalue weighted by Crippen LogP contribution is -2.35. The first-order valence-corrected chi connectivity index (χ1v) is 5.84. The van der Waals surface area contributed by atoms with Crippen LogP contribution in [0.1, 0.15) is 5.56 Å². The monoisotopic (exact) mass is 305 g/mol. The van der Waals surface area contributed by atoms with Crippen LogP contribution in [0.3, 0.4) is 0 Å². The Bertz CT molecular complexity index is 635. The molecule has 112 valence electrons. The van der Waals surface area contributed by atoms with E-state index in [1.165, 1.54) is 0 Å². The Kier molecular flexibility index (Phi) is 4.15. The first kappa shape index (κ1) is 15.3. The van der Waals surface area contributed by atoms with Crippen molar-refractivity contribution in [1.29, 1.82) is 0 Å². The van der Waals surface area contributed by atoms with E-state index in [9.17, 15) is 26.1 Å². The molecule has 8 heteroatoms. The summed E-state index contributed by atoms with van der Waals surface area (Å²) < 4.78 is 82.8. The summed E-state index contributed by atoms with van der Waals surface area (Å²) in [7, 11) is 0. The number of hydrogen-bond donors (Lipinski definition) is 0. The van der Waals surface area contributed by atoms with Crippen LogP contribution in [0.4, 0.5) is 26.1 Å². The normalized spacial score (nSPS) is 11.5. The van der Waals surface area contributed by atoms with E-state index >= 15 is 0 Å². The van der Waals surface area contributed by atoms with Crippen LogP contribution in [0.2, 0.25) is 0 Å². The zero-order valence-corrected chi connectivity index (χ0v) is 10.4. The van der Waals surface area contributed by atoms with E-state index in [1.807, 2.05) is 0 Å². The minimum absolute atomic E-state index is 0.285. The van der Waals surface area contributed by atoms with Crippen molar-refractivity contribution in [2.75, 3.05) is 0 Å². The van der Waals surface area contributed by atoms with Crippen molar-refractivity contribution < 1.29 is 30.9 Å². The van der Waals surface area contributed by atoms with Crippen LogP contribution in [0.25, 0.3) is 0 Å². The maximum atomic E-state index is 13.4. The molecule has 0 fully saturated rings. The van der Waals surface area contributed by atoms with Gasteiger partial charge in [-0.05, 0) is 30.3 Å². The highest BCUT2D eigenvalue weighted by molar-refractivity contribution is 6.74. The van der Waals surface area contributed by atoms with E-state index in [-0.39, 0.29) is 6.07 Å². The van der Waals surface area contributed by atoms with Gasteiger partial charge in [-0.2, -0.15) is 0 Å². The van der Waals surface area contributed by atoms with Crippen molar-refractivity contribution in [2.24, 2.45) is 0 Å². The average Bonchev–Trinajstić information content (AvgIpc) is 2.38. The summed E-state index contributed by atoms with van der Waals surface area (Å²) in [4.78, 5) is 0. The van der Waals surface area contributed by atoms with Crippen molar-refractivity contribution in [2.45, 2.75) is 6.61 Å². The number of halogens is 6. The molecule has 0 aliphatic heterocycles. The molecular weight excluding hydrogens is 297 g/mol. The highest BCUT2D eigenvalue weighted by Crippen LogP contribution is 2.21. The topological polar surface area (TPSA) is 9.23 Å². The Balaban J connectivity index is 2.29. The van der Waals surface area contributed by atoms with Crippen LogP contribution in [-0.4, -0.2) is 6.98 Å². The smallest absolute Gasteiger partial charge is 0.492 e. The van der Waals surface area contributed by atoms with Crippen molar-refractivity contribution in [3.05, 3.63) is 59.4 Å². The van der Waals surface area contributed by atoms with Gasteiger partial charge in [0.2, 0.25) is 0 Å². The van der Waals surface area contributed by atoms with Crippen LogP contribution in [0.5, 0.6) is 5.75 Å². The van der Waals surface area contributed by atoms with Gasteiger partial charge in [-0.3, -0.25) is 0 Å². The molecule has 0 amide bonds. The molecule has 0 radical (unpaired) electrons. The highest BCUT2D eigenvalue weighted by Gasteiger charge is 2.30. The molecule has 0 heterocycles. The Labute approximate surface area is 116 Å². The molecule has 0 aromatic heterocycles. The second-order valence-corrected chi connectivity index (χ2v) is 4.25. The molecule has 0 saturated heterocycles. The molecule has 0 saturated carbocycles. The molecule has 2 rings (SSSR count). The molecule has 0 aliphatic rings. The second kappa shape index (κ2) is 5.71. The van der Waals surface area contributed by atoms with E-state index in [2.05, 4.69) is 0 Å². The highest BCUT2D eigenvalue weighted by atomic mass is 19.4. The van der Waals surface area contributed by atoms with Gasteiger partial charge in [0.25, 0.3) is 0 Å². The summed E-state index contributed by atoms with van der Waals surface area (Å²) in [5.41, 5.74) is -1.78. The summed E-state index contributed by atoms with van der Waals surface area (Å²) in [6, 6.07) is 4.88. The molecule has 0 atom stereocenters. The van der Waals surface area contributed by atoms with Crippen molar-refractivity contribution in [1.82, 2.24) is 0 Å². The molecule has 2 aromatic rings. The predicted octanol–water partition coefficient (Wildman–Crippen LogP) is 3.74. The van der Waals surface area contributed by atoms with E-state index in [0.717, 1.165) is 30.3 Å². The van der Waals surface area contributed by atoms with Gasteiger partial charge in [-0.25, -0.2) is 13.2 Å². The van der Waals surface area contributed by atoms with Crippen molar-refractivity contribution >= 4 is 12.4 Å². The average molecular weight is 305 g/mol. The Morgan fingerprint density at radius 2 is 1.52 bits per heavy atom. The largest absolute Gasteiger partial charge is 0.513 e. The third kappa shape index (κ3) is 3.50. The summed E-state index contributed by atoms with van der Waals surface area (Å²) in [6.45, 7) is -6.24. The maximum absolute atomic E-state index is 13.4. The molecule has 0 N–H and O–H groups in total. The predicted molar refractivity (Wildman–Crippen MR) is 65.8 cm³/mol. The minimum atomic E-state index is -5.51. The van der Waals surface area contributed by atoms with Gasteiger partial charge in [0.1, 0.15) is 24.1 Å². The lowest BCUT2D eigenvalue weighted by molar-refractivity contribution is 0.293. The molecule has 0 spiro atoms. The number of benzene rings is 2. The number of hydrogen-bond acceptors (Lipinski definition) is 1. The third-order valence-corrected chi connectivity index (χ3v) is 2.76. The fourth-order valence-corrected chi connectivity index (χ4v) is 1.73. The van der Waals surface area contributed by atoms with Gasteiger partial charge in [-0.1, -0.05) is 11.5 Å². The van der Waals surface area contributed by atoms with Crippen LogP contribution >= 0.6 is 0 Å². The van der Waals surface area contributed by atoms with E-state index < -0.39 is 47.8 Å². The molecule has 0 unspecified atom stereocenters. The Morgan fingerprint density at radius 3 is 2.10 bits per heavy atom. The Morgan fingerprint density at radius 1 is 0.905 bits per heavy atom. The van der Waals surface area contributed by atoms with Gasteiger partial charge in [0.15, 0.2) is 0 Å². The summed E-state index contributed by atoms with van der Waals surface area (Å²) >= 11 is 0. The molecule has 0 aliphatic carbocycles. The summed E-state index contributed by atoms with van der Waals surface area (Å²) in [5.74, 6) is -3.62. The number of rotatable bonds is 4. The van der Waals surface area contributed by atoms with Gasteiger partial charge in [-0.15, -0.1) is 0 Å². The van der Waals surface area contributed by atoms with Crippen LogP contribution in [-0.2, 0) is 6.61 Å². The zero-order chi connectivity index (χ0) is 15.6. The summed E-state index contributed by atoms with van der Waals surface area (Å²) in [6.07, 6.45) is 0. The lowest BCUT2D eigenvalue weighted by atomic mass is 9.79. The standard InChI is InChI=1S/C13H8BF6O/c15-8-4-5-13(10(6-8)14(18,19)20)21-7-9-11(16)2-1-3-12(9)17/h1-6H,7H2/q-1. The molecular formula is C13H8BF6O-. The molecule has 0 bridgehead atoms. The van der Waals surface area contributed by atoms with Crippen molar-refractivity contribution in [3.63, 3.8) is 0 Å².